The molecule has 132 valence electrons. The van der Waals surface area contributed by atoms with E-state index in [0.29, 0.717) is 0 Å². The van der Waals surface area contributed by atoms with Crippen molar-refractivity contribution in [1.29, 1.82) is 0 Å². The van der Waals surface area contributed by atoms with E-state index in [2.05, 4.69) is 27.8 Å². The molecule has 0 radical (unpaired) electrons. The summed E-state index contributed by atoms with van der Waals surface area (Å²) in [5, 5.41) is 3.36. The summed E-state index contributed by atoms with van der Waals surface area (Å²) < 4.78 is 6.93. The first-order chi connectivity index (χ1) is 11.7. The maximum atomic E-state index is 12.5. The number of hydrogen-bond donors (Lipinski definition) is 1. The number of halogens is 1. The smallest absolute Gasteiger partial charge is 0.253 e. The summed E-state index contributed by atoms with van der Waals surface area (Å²) in [7, 11) is 0. The van der Waals surface area contributed by atoms with Gasteiger partial charge in [0.25, 0.3) is 5.91 Å². The van der Waals surface area contributed by atoms with Gasteiger partial charge in [-0.15, -0.1) is 6.58 Å². The van der Waals surface area contributed by atoms with Crippen molar-refractivity contribution in [2.24, 2.45) is 0 Å². The summed E-state index contributed by atoms with van der Waals surface area (Å²) in [6, 6.07) is 7.56. The SMILES string of the molecule is C=CCCNCCCOC1CCN(C(=O)c2ccc(Br)cc2)CC1. The topological polar surface area (TPSA) is 41.6 Å². The Balaban J connectivity index is 1.61. The Morgan fingerprint density at radius 2 is 2.00 bits per heavy atom. The number of hydrogen-bond acceptors (Lipinski definition) is 3. The van der Waals surface area contributed by atoms with Crippen LogP contribution in [0.1, 0.15) is 36.0 Å². The van der Waals surface area contributed by atoms with Crippen LogP contribution in [0.5, 0.6) is 0 Å². The van der Waals surface area contributed by atoms with Crippen molar-refractivity contribution in [3.63, 3.8) is 0 Å². The molecule has 1 aliphatic rings. The maximum Gasteiger partial charge on any atom is 0.253 e. The number of benzene rings is 1. The van der Waals surface area contributed by atoms with Gasteiger partial charge in [0.05, 0.1) is 6.10 Å². The van der Waals surface area contributed by atoms with Crippen LogP contribution in [-0.4, -0.2) is 49.7 Å². The molecule has 1 aliphatic heterocycles. The summed E-state index contributed by atoms with van der Waals surface area (Å²) in [5.41, 5.74) is 0.753. The van der Waals surface area contributed by atoms with E-state index >= 15 is 0 Å². The van der Waals surface area contributed by atoms with Gasteiger partial charge in [-0.3, -0.25) is 4.79 Å². The molecule has 0 bridgehead atoms. The van der Waals surface area contributed by atoms with Crippen molar-refractivity contribution in [2.75, 3.05) is 32.8 Å². The number of carbonyl (C=O) groups excluding carboxylic acids is 1. The van der Waals surface area contributed by atoms with Gasteiger partial charge < -0.3 is 15.0 Å². The monoisotopic (exact) mass is 394 g/mol. The molecule has 1 aromatic rings. The van der Waals surface area contributed by atoms with Crippen LogP contribution in [0.4, 0.5) is 0 Å². The van der Waals surface area contributed by atoms with E-state index in [4.69, 9.17) is 4.74 Å². The van der Waals surface area contributed by atoms with Gasteiger partial charge in [-0.1, -0.05) is 22.0 Å². The zero-order valence-electron chi connectivity index (χ0n) is 14.2. The molecule has 0 aromatic heterocycles. The van der Waals surface area contributed by atoms with Gasteiger partial charge in [0, 0.05) is 29.7 Å². The Labute approximate surface area is 153 Å². The minimum Gasteiger partial charge on any atom is -0.378 e. The predicted molar refractivity (Wildman–Crippen MR) is 101 cm³/mol. The van der Waals surface area contributed by atoms with E-state index in [1.165, 1.54) is 0 Å². The van der Waals surface area contributed by atoms with Crippen molar-refractivity contribution in [2.45, 2.75) is 31.8 Å². The van der Waals surface area contributed by atoms with Crippen LogP contribution >= 0.6 is 15.9 Å². The molecule has 5 heteroatoms. The number of piperidine rings is 1. The quantitative estimate of drug-likeness (QED) is 0.513. The van der Waals surface area contributed by atoms with Crippen LogP contribution in [0.25, 0.3) is 0 Å². The minimum atomic E-state index is 0.118. The predicted octanol–water partition coefficient (Wildman–Crippen LogP) is 3.63. The van der Waals surface area contributed by atoms with Gasteiger partial charge in [0.15, 0.2) is 0 Å². The Hall–Kier alpha value is -1.17. The molecule has 1 amide bonds. The first-order valence-electron chi connectivity index (χ1n) is 8.69. The van der Waals surface area contributed by atoms with E-state index < -0.39 is 0 Å². The summed E-state index contributed by atoms with van der Waals surface area (Å²) in [4.78, 5) is 14.4. The summed E-state index contributed by atoms with van der Waals surface area (Å²) in [6.45, 7) is 8.00. The first-order valence-corrected chi connectivity index (χ1v) is 9.48. The summed E-state index contributed by atoms with van der Waals surface area (Å²) >= 11 is 3.40. The Bertz CT molecular complexity index is 511. The third-order valence-corrected chi connectivity index (χ3v) is 4.73. The third-order valence-electron chi connectivity index (χ3n) is 4.20. The lowest BCUT2D eigenvalue weighted by atomic mass is 10.1. The second-order valence-electron chi connectivity index (χ2n) is 6.05. The second-order valence-corrected chi connectivity index (χ2v) is 6.97. The van der Waals surface area contributed by atoms with Gasteiger partial charge >= 0.3 is 0 Å². The van der Waals surface area contributed by atoms with Crippen molar-refractivity contribution in [1.82, 2.24) is 10.2 Å². The molecule has 0 spiro atoms. The molecule has 1 N–H and O–H groups in total. The lowest BCUT2D eigenvalue weighted by molar-refractivity contribution is 0.00795. The van der Waals surface area contributed by atoms with Crippen LogP contribution in [0, 0.1) is 0 Å². The van der Waals surface area contributed by atoms with E-state index in [9.17, 15) is 4.79 Å². The summed E-state index contributed by atoms with van der Waals surface area (Å²) in [6.07, 6.45) is 6.08. The minimum absolute atomic E-state index is 0.118. The van der Waals surface area contributed by atoms with Crippen LogP contribution in [-0.2, 0) is 4.74 Å². The van der Waals surface area contributed by atoms with E-state index in [0.717, 1.165) is 68.5 Å². The highest BCUT2D eigenvalue weighted by atomic mass is 79.9. The van der Waals surface area contributed by atoms with Crippen LogP contribution in [0.15, 0.2) is 41.4 Å². The number of nitrogens with zero attached hydrogens (tertiary/aromatic N) is 1. The van der Waals surface area contributed by atoms with Crippen LogP contribution < -0.4 is 5.32 Å². The number of amides is 1. The zero-order chi connectivity index (χ0) is 17.2. The number of nitrogens with one attached hydrogen (secondary N) is 1. The zero-order valence-corrected chi connectivity index (χ0v) is 15.8. The Morgan fingerprint density at radius 1 is 1.29 bits per heavy atom. The lowest BCUT2D eigenvalue weighted by Crippen LogP contribution is -2.41. The van der Waals surface area contributed by atoms with Crippen molar-refractivity contribution < 1.29 is 9.53 Å². The van der Waals surface area contributed by atoms with Gasteiger partial charge in [0.2, 0.25) is 0 Å². The molecule has 0 saturated carbocycles. The van der Waals surface area contributed by atoms with Crippen LogP contribution in [0.2, 0.25) is 0 Å². The number of ether oxygens (including phenoxy) is 1. The van der Waals surface area contributed by atoms with Crippen LogP contribution in [0.3, 0.4) is 0 Å². The lowest BCUT2D eigenvalue weighted by Gasteiger charge is -2.32. The van der Waals surface area contributed by atoms with Gasteiger partial charge in [-0.25, -0.2) is 0 Å². The molecule has 1 saturated heterocycles. The molecule has 1 fully saturated rings. The van der Waals surface area contributed by atoms with Crippen molar-refractivity contribution in [3.8, 4) is 0 Å². The second kappa shape index (κ2) is 10.6. The van der Waals surface area contributed by atoms with Gasteiger partial charge in [-0.2, -0.15) is 0 Å². The molecule has 0 atom stereocenters. The first kappa shape index (κ1) is 19.2. The largest absolute Gasteiger partial charge is 0.378 e. The maximum absolute atomic E-state index is 12.5. The highest BCUT2D eigenvalue weighted by molar-refractivity contribution is 9.10. The number of rotatable bonds is 9. The highest BCUT2D eigenvalue weighted by Crippen LogP contribution is 2.18. The van der Waals surface area contributed by atoms with Crippen molar-refractivity contribution >= 4 is 21.8 Å². The molecule has 4 nitrogen and oxygen atoms in total. The van der Waals surface area contributed by atoms with E-state index in [1.807, 2.05) is 35.2 Å². The molecular weight excluding hydrogens is 368 g/mol. The molecule has 1 heterocycles. The fourth-order valence-corrected chi connectivity index (χ4v) is 3.04. The Kier molecular flexibility index (Phi) is 8.50. The number of likely N-dealkylation sites (tertiary alicyclic amines) is 1. The molecule has 2 rings (SSSR count). The van der Waals surface area contributed by atoms with Crippen molar-refractivity contribution in [3.05, 3.63) is 47.0 Å². The standard InChI is InChI=1S/C19H27BrN2O2/c1-2-3-11-21-12-4-15-24-18-9-13-22(14-10-18)19(23)16-5-7-17(20)8-6-16/h2,5-8,18,21H,1,3-4,9-15H2. The average molecular weight is 395 g/mol. The van der Waals surface area contributed by atoms with E-state index in [-0.39, 0.29) is 12.0 Å². The normalized spacial score (nSPS) is 15.5. The molecule has 1 aromatic carbocycles. The Morgan fingerprint density at radius 3 is 2.67 bits per heavy atom. The molecule has 24 heavy (non-hydrogen) atoms. The molecule has 0 aliphatic carbocycles. The average Bonchev–Trinajstić information content (AvgIpc) is 2.61. The fourth-order valence-electron chi connectivity index (χ4n) is 2.78. The highest BCUT2D eigenvalue weighted by Gasteiger charge is 2.23. The molecular formula is C19H27BrN2O2. The van der Waals surface area contributed by atoms with Gasteiger partial charge in [0.1, 0.15) is 0 Å². The van der Waals surface area contributed by atoms with E-state index in [1.54, 1.807) is 0 Å². The van der Waals surface area contributed by atoms with Gasteiger partial charge in [-0.05, 0) is 63.0 Å². The molecule has 0 unspecified atom stereocenters. The fraction of sp³-hybridized carbons (Fsp3) is 0.526. The summed E-state index contributed by atoms with van der Waals surface area (Å²) in [5.74, 6) is 0.118. The number of carbonyl (C=O) groups is 1. The third kappa shape index (κ3) is 6.38.